The minimum Gasteiger partial charge on any atom is -0.365 e. The highest BCUT2D eigenvalue weighted by atomic mass is 32.2. The maximum Gasteiger partial charge on any atom is 0.243 e. The van der Waals surface area contributed by atoms with Crippen molar-refractivity contribution in [1.82, 2.24) is 14.3 Å². The zero-order valence-electron chi connectivity index (χ0n) is 16.7. The highest BCUT2D eigenvalue weighted by molar-refractivity contribution is 7.89. The molecule has 3 rings (SSSR count). The summed E-state index contributed by atoms with van der Waals surface area (Å²) in [4.78, 5) is 9.20. The predicted molar refractivity (Wildman–Crippen MR) is 113 cm³/mol. The number of aromatic nitrogens is 2. The predicted octanol–water partition coefficient (Wildman–Crippen LogP) is 3.89. The Kier molecular flexibility index (Phi) is 5.96. The summed E-state index contributed by atoms with van der Waals surface area (Å²) in [5, 5.41) is 3.28. The van der Waals surface area contributed by atoms with Crippen molar-refractivity contribution in [3.05, 3.63) is 59.3 Å². The van der Waals surface area contributed by atoms with Crippen LogP contribution in [0.15, 0.2) is 47.5 Å². The van der Waals surface area contributed by atoms with Crippen LogP contribution in [0.25, 0.3) is 11.0 Å². The molecule has 3 aromatic rings. The van der Waals surface area contributed by atoms with E-state index in [9.17, 15) is 8.42 Å². The van der Waals surface area contributed by atoms with Crippen molar-refractivity contribution in [2.24, 2.45) is 0 Å². The van der Waals surface area contributed by atoms with Crippen LogP contribution in [0.4, 0.5) is 5.82 Å². The molecule has 7 heteroatoms. The number of hydrogen-bond donors (Lipinski definition) is 1. The number of sulfonamides is 1. The van der Waals surface area contributed by atoms with E-state index in [0.717, 1.165) is 0 Å². The summed E-state index contributed by atoms with van der Waals surface area (Å²) in [6.45, 7) is 9.36. The molecule has 2 aromatic carbocycles. The number of benzene rings is 2. The Bertz CT molecular complexity index is 1090. The molecule has 0 fully saturated rings. The molecule has 6 nitrogen and oxygen atoms in total. The third kappa shape index (κ3) is 4.15. The maximum atomic E-state index is 12.7. The molecule has 148 valence electrons. The zero-order valence-corrected chi connectivity index (χ0v) is 17.5. The molecule has 0 aliphatic carbocycles. The Labute approximate surface area is 166 Å². The van der Waals surface area contributed by atoms with Crippen LogP contribution in [-0.4, -0.2) is 35.8 Å². The number of rotatable bonds is 7. The van der Waals surface area contributed by atoms with Gasteiger partial charge in [0.25, 0.3) is 0 Å². The quantitative estimate of drug-likeness (QED) is 0.653. The van der Waals surface area contributed by atoms with Gasteiger partial charge in [-0.15, -0.1) is 0 Å². The monoisotopic (exact) mass is 398 g/mol. The summed E-state index contributed by atoms with van der Waals surface area (Å²) in [6, 6.07) is 11.2. The molecule has 1 aromatic heterocycles. The number of aryl methyl sites for hydroxylation is 2. The molecular weight excluding hydrogens is 372 g/mol. The summed E-state index contributed by atoms with van der Waals surface area (Å²) in [7, 11) is -3.51. The second kappa shape index (κ2) is 8.24. The van der Waals surface area contributed by atoms with Crippen LogP contribution in [0, 0.1) is 13.8 Å². The molecule has 0 saturated heterocycles. The van der Waals surface area contributed by atoms with E-state index in [1.807, 2.05) is 13.8 Å². The van der Waals surface area contributed by atoms with E-state index in [-0.39, 0.29) is 4.90 Å². The topological polar surface area (TPSA) is 75.2 Å². The third-order valence-corrected chi connectivity index (χ3v) is 6.95. The highest BCUT2D eigenvalue weighted by Crippen LogP contribution is 2.21. The molecule has 0 saturated carbocycles. The van der Waals surface area contributed by atoms with Gasteiger partial charge >= 0.3 is 0 Å². The number of nitrogens with zero attached hydrogens (tertiary/aromatic N) is 3. The highest BCUT2D eigenvalue weighted by Gasteiger charge is 2.22. The van der Waals surface area contributed by atoms with Crippen LogP contribution in [0.5, 0.6) is 0 Å². The molecule has 1 heterocycles. The normalized spacial score (nSPS) is 11.9. The summed E-state index contributed by atoms with van der Waals surface area (Å²) < 4.78 is 26.8. The van der Waals surface area contributed by atoms with Crippen LogP contribution < -0.4 is 5.32 Å². The van der Waals surface area contributed by atoms with E-state index < -0.39 is 10.0 Å². The van der Waals surface area contributed by atoms with E-state index in [2.05, 4.69) is 47.3 Å². The molecule has 0 amide bonds. The van der Waals surface area contributed by atoms with Crippen LogP contribution in [0.1, 0.15) is 30.5 Å². The Hall–Kier alpha value is -2.51. The lowest BCUT2D eigenvalue weighted by Crippen LogP contribution is -2.30. The number of nitrogens with one attached hydrogen (secondary N) is 1. The van der Waals surface area contributed by atoms with Crippen LogP contribution in [-0.2, 0) is 16.6 Å². The number of fused-ring (bicyclic) bond motifs is 1. The van der Waals surface area contributed by atoms with Crippen LogP contribution in [0.2, 0.25) is 0 Å². The van der Waals surface area contributed by atoms with Crippen molar-refractivity contribution < 1.29 is 8.42 Å². The average molecular weight is 399 g/mol. The Morgan fingerprint density at radius 2 is 1.71 bits per heavy atom. The molecular formula is C21H26N4O2S. The first-order chi connectivity index (χ1) is 13.3. The lowest BCUT2D eigenvalue weighted by molar-refractivity contribution is 0.445. The van der Waals surface area contributed by atoms with Gasteiger partial charge < -0.3 is 5.32 Å². The second-order valence-corrected chi connectivity index (χ2v) is 8.71. The largest absolute Gasteiger partial charge is 0.365 e. The Morgan fingerprint density at radius 3 is 2.39 bits per heavy atom. The second-order valence-electron chi connectivity index (χ2n) is 6.77. The van der Waals surface area contributed by atoms with E-state index in [1.165, 1.54) is 21.0 Å². The molecule has 0 spiro atoms. The van der Waals surface area contributed by atoms with Crippen LogP contribution in [0.3, 0.4) is 0 Å². The lowest BCUT2D eigenvalue weighted by Gasteiger charge is -2.18. The fraction of sp³-hybridized carbons (Fsp3) is 0.333. The molecule has 0 radical (unpaired) electrons. The van der Waals surface area contributed by atoms with E-state index >= 15 is 0 Å². The molecule has 0 aliphatic rings. The smallest absolute Gasteiger partial charge is 0.243 e. The van der Waals surface area contributed by atoms with Crippen molar-refractivity contribution in [1.29, 1.82) is 0 Å². The molecule has 0 atom stereocenters. The van der Waals surface area contributed by atoms with Gasteiger partial charge in [0.1, 0.15) is 5.82 Å². The number of anilines is 1. The summed E-state index contributed by atoms with van der Waals surface area (Å²) in [5.41, 5.74) is 4.91. The van der Waals surface area contributed by atoms with Crippen molar-refractivity contribution in [3.63, 3.8) is 0 Å². The zero-order chi connectivity index (χ0) is 20.3. The fourth-order valence-electron chi connectivity index (χ4n) is 3.05. The minimum atomic E-state index is -3.51. The van der Waals surface area contributed by atoms with Gasteiger partial charge in [-0.2, -0.15) is 4.31 Å². The fourth-order valence-corrected chi connectivity index (χ4v) is 4.53. The molecule has 0 unspecified atom stereocenters. The maximum absolute atomic E-state index is 12.7. The molecule has 28 heavy (non-hydrogen) atoms. The first-order valence-electron chi connectivity index (χ1n) is 9.42. The molecule has 1 N–H and O–H groups in total. The van der Waals surface area contributed by atoms with Gasteiger partial charge in [0.15, 0.2) is 0 Å². The van der Waals surface area contributed by atoms with E-state index in [4.69, 9.17) is 0 Å². The minimum absolute atomic E-state index is 0.244. The summed E-state index contributed by atoms with van der Waals surface area (Å²) >= 11 is 0. The van der Waals surface area contributed by atoms with E-state index in [0.29, 0.717) is 36.5 Å². The van der Waals surface area contributed by atoms with E-state index in [1.54, 1.807) is 24.4 Å². The van der Waals surface area contributed by atoms with Gasteiger partial charge in [-0.3, -0.25) is 4.98 Å². The Balaban J connectivity index is 1.82. The van der Waals surface area contributed by atoms with Gasteiger partial charge in [-0.1, -0.05) is 32.0 Å². The Morgan fingerprint density at radius 1 is 0.964 bits per heavy atom. The first-order valence-corrected chi connectivity index (χ1v) is 10.9. The van der Waals surface area contributed by atoms with Crippen molar-refractivity contribution in [3.8, 4) is 0 Å². The SMILES string of the molecule is CCN(CC)S(=O)(=O)c1ccc2nc(NCc3ccc(C)c(C)c3)cnc2c1. The van der Waals surface area contributed by atoms with Crippen molar-refractivity contribution in [2.75, 3.05) is 18.4 Å². The average Bonchev–Trinajstić information content (AvgIpc) is 2.69. The third-order valence-electron chi connectivity index (χ3n) is 4.90. The first kappa shape index (κ1) is 20.2. The van der Waals surface area contributed by atoms with Gasteiger partial charge in [-0.05, 0) is 48.7 Å². The lowest BCUT2D eigenvalue weighted by atomic mass is 10.1. The summed E-state index contributed by atoms with van der Waals surface area (Å²) in [6.07, 6.45) is 1.64. The number of hydrogen-bond acceptors (Lipinski definition) is 5. The van der Waals surface area contributed by atoms with Gasteiger partial charge in [0.2, 0.25) is 10.0 Å². The molecule has 0 aliphatic heterocycles. The van der Waals surface area contributed by atoms with Gasteiger partial charge in [-0.25, -0.2) is 13.4 Å². The molecule has 0 bridgehead atoms. The summed E-state index contributed by atoms with van der Waals surface area (Å²) in [5.74, 6) is 0.657. The van der Waals surface area contributed by atoms with Gasteiger partial charge in [0, 0.05) is 19.6 Å². The van der Waals surface area contributed by atoms with Crippen molar-refractivity contribution >= 4 is 26.9 Å². The van der Waals surface area contributed by atoms with Crippen LogP contribution >= 0.6 is 0 Å². The van der Waals surface area contributed by atoms with Gasteiger partial charge in [0.05, 0.1) is 22.1 Å². The van der Waals surface area contributed by atoms with Crippen molar-refractivity contribution in [2.45, 2.75) is 39.1 Å². The standard InChI is InChI=1S/C21H26N4O2S/c1-5-25(6-2)28(26,27)18-9-10-19-20(12-18)22-14-21(24-19)23-13-17-8-7-15(3)16(4)11-17/h7-12,14H,5-6,13H2,1-4H3,(H,23,24).